The van der Waals surface area contributed by atoms with Gasteiger partial charge < -0.3 is 9.80 Å². The summed E-state index contributed by atoms with van der Waals surface area (Å²) in [5.74, 6) is 0.837. The fraction of sp³-hybridized carbons (Fsp3) is 0.312. The minimum absolute atomic E-state index is 0.0193. The summed E-state index contributed by atoms with van der Waals surface area (Å²) in [5.41, 5.74) is 0.981. The second-order valence-electron chi connectivity index (χ2n) is 10.7. The number of halogens is 5. The molecule has 1 aliphatic heterocycles. The molecule has 1 aromatic heterocycles. The van der Waals surface area contributed by atoms with E-state index in [9.17, 15) is 22.8 Å². The lowest BCUT2D eigenvalue weighted by atomic mass is 10.1. The van der Waals surface area contributed by atoms with E-state index in [1.54, 1.807) is 24.0 Å². The first kappa shape index (κ1) is 32.8. The second-order valence-corrected chi connectivity index (χ2v) is 12.6. The van der Waals surface area contributed by atoms with Crippen LogP contribution in [0.1, 0.15) is 47.1 Å². The summed E-state index contributed by atoms with van der Waals surface area (Å²) in [7, 11) is 0. The molecule has 0 N–H and O–H groups in total. The maximum atomic E-state index is 13.1. The van der Waals surface area contributed by atoms with Gasteiger partial charge in [0.25, 0.3) is 5.91 Å². The molecular formula is C32H30Cl2F3N5O2S. The molecule has 5 rings (SSSR count). The molecular weight excluding hydrogens is 646 g/mol. The highest BCUT2D eigenvalue weighted by atomic mass is 35.5. The summed E-state index contributed by atoms with van der Waals surface area (Å²) >= 11 is 14.0. The van der Waals surface area contributed by atoms with Gasteiger partial charge in [0, 0.05) is 49.8 Å². The van der Waals surface area contributed by atoms with Crippen LogP contribution in [0.2, 0.25) is 10.0 Å². The number of hydrogen-bond acceptors (Lipinski definition) is 5. The Labute approximate surface area is 273 Å². The number of aromatic nitrogens is 3. The topological polar surface area (TPSA) is 71.3 Å². The molecule has 1 atom stereocenters. The van der Waals surface area contributed by atoms with Gasteiger partial charge in [0.15, 0.2) is 5.16 Å². The summed E-state index contributed by atoms with van der Waals surface area (Å²) < 4.78 is 41.3. The molecule has 3 aromatic carbocycles. The number of thioether (sulfide) groups is 1. The molecule has 4 aromatic rings. The molecule has 0 radical (unpaired) electrons. The third-order valence-electron chi connectivity index (χ3n) is 7.51. The lowest BCUT2D eigenvalue weighted by Gasteiger charge is -2.40. The fourth-order valence-electron chi connectivity index (χ4n) is 5.20. The quantitative estimate of drug-likeness (QED) is 0.136. The number of nitrogens with zero attached hydrogens (tertiary/aromatic N) is 5. The number of amides is 2. The number of carbonyl (C=O) groups excluding carboxylic acids is 2. The molecule has 1 aliphatic rings. The Morgan fingerprint density at radius 2 is 1.73 bits per heavy atom. The standard InChI is InChI=1S/C32H30Cl2F3N5O2S/c1-21-20-40(14-15-41(21)30(44)23-9-5-10-24(18-23)32(35,36)37)29(43)11-6-16-45-31-39-38-28(17-22-7-3-2-4-8-22)42(31)25-12-13-26(33)27(34)19-25/h2-5,7-10,12-13,18-19,21H,6,11,14-17,20H2,1H3. The van der Waals surface area contributed by atoms with Gasteiger partial charge in [-0.3, -0.25) is 14.2 Å². The van der Waals surface area contributed by atoms with Gasteiger partial charge in [-0.1, -0.05) is 71.4 Å². The zero-order valence-electron chi connectivity index (χ0n) is 24.3. The largest absolute Gasteiger partial charge is 0.416 e. The summed E-state index contributed by atoms with van der Waals surface area (Å²) in [6.07, 6.45) is -3.08. The number of alkyl halides is 3. The van der Waals surface area contributed by atoms with E-state index in [0.717, 1.165) is 29.2 Å². The summed E-state index contributed by atoms with van der Waals surface area (Å²) in [5, 5.41) is 10.4. The van der Waals surface area contributed by atoms with E-state index in [4.69, 9.17) is 23.2 Å². The third-order valence-corrected chi connectivity index (χ3v) is 9.27. The van der Waals surface area contributed by atoms with E-state index in [0.29, 0.717) is 53.3 Å². The van der Waals surface area contributed by atoms with E-state index >= 15 is 0 Å². The van der Waals surface area contributed by atoms with Gasteiger partial charge in [-0.2, -0.15) is 13.2 Å². The van der Waals surface area contributed by atoms with Gasteiger partial charge in [-0.15, -0.1) is 10.2 Å². The van der Waals surface area contributed by atoms with Crippen LogP contribution in [0.15, 0.2) is 78.0 Å². The van der Waals surface area contributed by atoms with Crippen molar-refractivity contribution in [2.24, 2.45) is 0 Å². The zero-order chi connectivity index (χ0) is 32.1. The SMILES string of the molecule is CC1CN(C(=O)CCCSc2nnc(Cc3ccccc3)n2-c2ccc(Cl)c(Cl)c2)CCN1C(=O)c1cccc(C(F)(F)F)c1. The number of carbonyl (C=O) groups is 2. The Hall–Kier alpha value is -3.54. The maximum Gasteiger partial charge on any atom is 0.416 e. The highest BCUT2D eigenvalue weighted by Crippen LogP contribution is 2.31. The van der Waals surface area contributed by atoms with Crippen molar-refractivity contribution in [3.63, 3.8) is 0 Å². The minimum Gasteiger partial charge on any atom is -0.339 e. The molecule has 0 saturated carbocycles. The van der Waals surface area contributed by atoms with Crippen LogP contribution in [0.3, 0.4) is 0 Å². The molecule has 1 saturated heterocycles. The van der Waals surface area contributed by atoms with E-state index in [1.165, 1.54) is 28.8 Å². The first-order chi connectivity index (χ1) is 21.5. The summed E-state index contributed by atoms with van der Waals surface area (Å²) in [4.78, 5) is 29.3. The Morgan fingerprint density at radius 3 is 2.44 bits per heavy atom. The van der Waals surface area contributed by atoms with Gasteiger partial charge in [-0.05, 0) is 55.3 Å². The predicted octanol–water partition coefficient (Wildman–Crippen LogP) is 7.43. The summed E-state index contributed by atoms with van der Waals surface area (Å²) in [6.45, 7) is 2.66. The number of hydrogen-bond donors (Lipinski definition) is 0. The molecule has 2 amide bonds. The second kappa shape index (κ2) is 14.3. The predicted molar refractivity (Wildman–Crippen MR) is 169 cm³/mol. The number of rotatable bonds is 9. The molecule has 0 spiro atoms. The van der Waals surface area contributed by atoms with Gasteiger partial charge in [-0.25, -0.2) is 0 Å². The third kappa shape index (κ3) is 8.01. The molecule has 1 fully saturated rings. The van der Waals surface area contributed by atoms with Crippen molar-refractivity contribution in [2.45, 2.75) is 43.6 Å². The van der Waals surface area contributed by atoms with Crippen molar-refractivity contribution in [3.8, 4) is 5.69 Å². The maximum absolute atomic E-state index is 13.1. The summed E-state index contributed by atoms with van der Waals surface area (Å²) in [6, 6.07) is 19.4. The van der Waals surface area contributed by atoms with Gasteiger partial charge in [0.2, 0.25) is 5.91 Å². The van der Waals surface area contributed by atoms with Crippen molar-refractivity contribution < 1.29 is 22.8 Å². The first-order valence-corrected chi connectivity index (χ1v) is 16.1. The van der Waals surface area contributed by atoms with Crippen molar-refractivity contribution in [1.82, 2.24) is 24.6 Å². The highest BCUT2D eigenvalue weighted by Gasteiger charge is 2.33. The van der Waals surface area contributed by atoms with Crippen LogP contribution in [0, 0.1) is 0 Å². The molecule has 13 heteroatoms. The Balaban J connectivity index is 1.17. The molecule has 7 nitrogen and oxygen atoms in total. The molecule has 2 heterocycles. The van der Waals surface area contributed by atoms with E-state index < -0.39 is 17.6 Å². The Kier molecular flexibility index (Phi) is 10.4. The van der Waals surface area contributed by atoms with Gasteiger partial charge >= 0.3 is 6.18 Å². The monoisotopic (exact) mass is 675 g/mol. The van der Waals surface area contributed by atoms with Crippen LogP contribution < -0.4 is 0 Å². The number of piperazine rings is 1. The fourth-order valence-corrected chi connectivity index (χ4v) is 6.40. The smallest absolute Gasteiger partial charge is 0.339 e. The van der Waals surface area contributed by atoms with Crippen molar-refractivity contribution >= 4 is 46.8 Å². The van der Waals surface area contributed by atoms with Gasteiger partial charge in [0.1, 0.15) is 5.82 Å². The molecule has 45 heavy (non-hydrogen) atoms. The number of benzene rings is 3. The lowest BCUT2D eigenvalue weighted by Crippen LogP contribution is -2.55. The Bertz CT molecular complexity index is 1670. The van der Waals surface area contributed by atoms with E-state index in [-0.39, 0.29) is 24.1 Å². The van der Waals surface area contributed by atoms with Gasteiger partial charge in [0.05, 0.1) is 21.3 Å². The Morgan fingerprint density at radius 1 is 0.956 bits per heavy atom. The minimum atomic E-state index is -4.53. The molecule has 0 bridgehead atoms. The van der Waals surface area contributed by atoms with Crippen LogP contribution >= 0.6 is 35.0 Å². The van der Waals surface area contributed by atoms with Crippen molar-refractivity contribution in [1.29, 1.82) is 0 Å². The van der Waals surface area contributed by atoms with Crippen molar-refractivity contribution in [2.75, 3.05) is 25.4 Å². The zero-order valence-corrected chi connectivity index (χ0v) is 26.6. The van der Waals surface area contributed by atoms with Crippen LogP contribution in [0.4, 0.5) is 13.2 Å². The van der Waals surface area contributed by atoms with Crippen LogP contribution in [-0.4, -0.2) is 67.8 Å². The molecule has 0 aliphatic carbocycles. The average Bonchev–Trinajstić information content (AvgIpc) is 3.42. The molecule has 236 valence electrons. The van der Waals surface area contributed by atoms with E-state index in [2.05, 4.69) is 10.2 Å². The normalized spacial score (nSPS) is 15.4. The lowest BCUT2D eigenvalue weighted by molar-refractivity contribution is -0.137. The van der Waals surface area contributed by atoms with E-state index in [1.807, 2.05) is 41.0 Å². The highest BCUT2D eigenvalue weighted by molar-refractivity contribution is 7.99. The average molecular weight is 677 g/mol. The van der Waals surface area contributed by atoms with Crippen LogP contribution in [0.5, 0.6) is 0 Å². The first-order valence-electron chi connectivity index (χ1n) is 14.3. The molecule has 1 unspecified atom stereocenters. The van der Waals surface area contributed by atoms with Crippen LogP contribution in [0.25, 0.3) is 5.69 Å². The van der Waals surface area contributed by atoms with Crippen molar-refractivity contribution in [3.05, 3.63) is 105 Å². The van der Waals surface area contributed by atoms with Crippen LogP contribution in [-0.2, 0) is 17.4 Å².